The molecular weight excluding hydrogens is 186 g/mol. The molecule has 0 aliphatic heterocycles. The second kappa shape index (κ2) is 6.06. The average Bonchev–Trinajstić information content (AvgIpc) is 2.13. The third kappa shape index (κ3) is 5.23. The molecule has 0 atom stereocenters. The Kier molecular flexibility index (Phi) is 5.43. The van der Waals surface area contributed by atoms with Crippen LogP contribution in [0.1, 0.15) is 13.8 Å². The summed E-state index contributed by atoms with van der Waals surface area (Å²) < 4.78 is 4.91. The standard InChI is InChI=1S/C8H17N3O3/c1-6(2)5-14-8(12)11(3)4-7(9)10-13/h6,13H,4-5H2,1-3H3,(H2,9,10). The van der Waals surface area contributed by atoms with Crippen LogP contribution in [0.5, 0.6) is 0 Å². The second-order valence-corrected chi connectivity index (χ2v) is 3.42. The molecule has 0 radical (unpaired) electrons. The molecule has 0 aliphatic carbocycles. The van der Waals surface area contributed by atoms with Crippen molar-refractivity contribution in [2.75, 3.05) is 20.2 Å². The van der Waals surface area contributed by atoms with Gasteiger partial charge >= 0.3 is 6.09 Å². The van der Waals surface area contributed by atoms with Gasteiger partial charge in [0.05, 0.1) is 13.2 Å². The molecule has 0 rings (SSSR count). The van der Waals surface area contributed by atoms with Gasteiger partial charge in [0, 0.05) is 7.05 Å². The van der Waals surface area contributed by atoms with E-state index in [1.165, 1.54) is 11.9 Å². The molecule has 0 aromatic rings. The Morgan fingerprint density at radius 2 is 2.21 bits per heavy atom. The number of nitrogens with zero attached hydrogens (tertiary/aromatic N) is 2. The van der Waals surface area contributed by atoms with Gasteiger partial charge in [0.15, 0.2) is 5.84 Å². The van der Waals surface area contributed by atoms with Crippen molar-refractivity contribution >= 4 is 11.9 Å². The zero-order valence-electron chi connectivity index (χ0n) is 8.73. The first-order valence-electron chi connectivity index (χ1n) is 4.31. The van der Waals surface area contributed by atoms with Crippen molar-refractivity contribution in [3.8, 4) is 0 Å². The topological polar surface area (TPSA) is 88.2 Å². The Morgan fingerprint density at radius 3 is 2.64 bits per heavy atom. The maximum absolute atomic E-state index is 11.2. The molecule has 0 heterocycles. The number of rotatable bonds is 4. The van der Waals surface area contributed by atoms with Crippen LogP contribution in [0.3, 0.4) is 0 Å². The van der Waals surface area contributed by atoms with Crippen LogP contribution in [-0.2, 0) is 4.74 Å². The highest BCUT2D eigenvalue weighted by Gasteiger charge is 2.11. The molecule has 0 fully saturated rings. The maximum atomic E-state index is 11.2. The largest absolute Gasteiger partial charge is 0.449 e. The molecule has 0 saturated heterocycles. The first-order valence-corrected chi connectivity index (χ1v) is 4.31. The van der Waals surface area contributed by atoms with E-state index < -0.39 is 6.09 Å². The normalized spacial score (nSPS) is 11.6. The van der Waals surface area contributed by atoms with Gasteiger partial charge < -0.3 is 20.6 Å². The Morgan fingerprint density at radius 1 is 1.64 bits per heavy atom. The highest BCUT2D eigenvalue weighted by atomic mass is 16.6. The maximum Gasteiger partial charge on any atom is 0.409 e. The SMILES string of the molecule is CC(C)COC(=O)N(C)CC(N)=NO. The van der Waals surface area contributed by atoms with Crippen molar-refractivity contribution in [3.63, 3.8) is 0 Å². The summed E-state index contributed by atoms with van der Waals surface area (Å²) in [5.74, 6) is 0.255. The minimum Gasteiger partial charge on any atom is -0.449 e. The van der Waals surface area contributed by atoms with E-state index >= 15 is 0 Å². The van der Waals surface area contributed by atoms with E-state index in [1.54, 1.807) is 0 Å². The van der Waals surface area contributed by atoms with Crippen molar-refractivity contribution in [1.82, 2.24) is 4.90 Å². The molecule has 0 aliphatic rings. The van der Waals surface area contributed by atoms with E-state index in [9.17, 15) is 4.79 Å². The number of amides is 1. The van der Waals surface area contributed by atoms with Crippen LogP contribution < -0.4 is 5.73 Å². The van der Waals surface area contributed by atoms with Crippen molar-refractivity contribution in [2.45, 2.75) is 13.8 Å². The van der Waals surface area contributed by atoms with Crippen LogP contribution in [-0.4, -0.2) is 42.2 Å². The summed E-state index contributed by atoms with van der Waals surface area (Å²) in [6, 6.07) is 0. The zero-order valence-corrected chi connectivity index (χ0v) is 8.73. The molecule has 0 spiro atoms. The summed E-state index contributed by atoms with van der Waals surface area (Å²) in [5, 5.41) is 11.0. The highest BCUT2D eigenvalue weighted by Crippen LogP contribution is 1.96. The third-order valence-corrected chi connectivity index (χ3v) is 1.38. The van der Waals surface area contributed by atoms with E-state index in [0.29, 0.717) is 6.61 Å². The fourth-order valence-corrected chi connectivity index (χ4v) is 0.687. The third-order valence-electron chi connectivity index (χ3n) is 1.38. The molecule has 0 aromatic heterocycles. The minimum atomic E-state index is -0.481. The van der Waals surface area contributed by atoms with Gasteiger partial charge in [-0.15, -0.1) is 0 Å². The van der Waals surface area contributed by atoms with Gasteiger partial charge in [-0.1, -0.05) is 19.0 Å². The Balaban J connectivity index is 3.88. The summed E-state index contributed by atoms with van der Waals surface area (Å²) in [4.78, 5) is 12.4. The fraction of sp³-hybridized carbons (Fsp3) is 0.750. The Bertz CT molecular complexity index is 216. The van der Waals surface area contributed by atoms with Crippen molar-refractivity contribution in [2.24, 2.45) is 16.8 Å². The molecule has 0 aromatic carbocycles. The minimum absolute atomic E-state index is 0.0333. The quantitative estimate of drug-likeness (QED) is 0.300. The number of oxime groups is 1. The van der Waals surface area contributed by atoms with Crippen LogP contribution in [0.4, 0.5) is 4.79 Å². The summed E-state index contributed by atoms with van der Waals surface area (Å²) in [5.41, 5.74) is 5.22. The van der Waals surface area contributed by atoms with E-state index in [-0.39, 0.29) is 18.3 Å². The molecular formula is C8H17N3O3. The first-order chi connectivity index (χ1) is 6.47. The average molecular weight is 203 g/mol. The van der Waals surface area contributed by atoms with E-state index in [0.717, 1.165) is 0 Å². The van der Waals surface area contributed by atoms with Gasteiger partial charge in [-0.3, -0.25) is 0 Å². The molecule has 6 heteroatoms. The number of amidine groups is 1. The van der Waals surface area contributed by atoms with Crippen LogP contribution >= 0.6 is 0 Å². The van der Waals surface area contributed by atoms with Crippen LogP contribution in [0.2, 0.25) is 0 Å². The monoisotopic (exact) mass is 203 g/mol. The lowest BCUT2D eigenvalue weighted by atomic mass is 10.2. The fourth-order valence-electron chi connectivity index (χ4n) is 0.687. The van der Waals surface area contributed by atoms with Gasteiger partial charge in [0.25, 0.3) is 0 Å². The van der Waals surface area contributed by atoms with Gasteiger partial charge in [-0.2, -0.15) is 0 Å². The molecule has 0 bridgehead atoms. The van der Waals surface area contributed by atoms with Crippen molar-refractivity contribution < 1.29 is 14.7 Å². The second-order valence-electron chi connectivity index (χ2n) is 3.42. The molecule has 82 valence electrons. The van der Waals surface area contributed by atoms with Crippen molar-refractivity contribution in [3.05, 3.63) is 0 Å². The number of carbonyl (C=O) groups excluding carboxylic acids is 1. The smallest absolute Gasteiger partial charge is 0.409 e. The zero-order chi connectivity index (χ0) is 11.1. The van der Waals surface area contributed by atoms with Gasteiger partial charge in [-0.25, -0.2) is 4.79 Å². The summed E-state index contributed by atoms with van der Waals surface area (Å²) >= 11 is 0. The molecule has 0 saturated carbocycles. The number of ether oxygens (including phenoxy) is 1. The highest BCUT2D eigenvalue weighted by molar-refractivity contribution is 5.84. The number of carbonyl (C=O) groups is 1. The lowest BCUT2D eigenvalue weighted by Crippen LogP contribution is -2.36. The number of likely N-dealkylation sites (N-methyl/N-ethyl adjacent to an activating group) is 1. The van der Waals surface area contributed by atoms with Crippen LogP contribution in [0.15, 0.2) is 5.16 Å². The van der Waals surface area contributed by atoms with Gasteiger partial charge in [0.2, 0.25) is 0 Å². The number of nitrogens with two attached hydrogens (primary N) is 1. The summed E-state index contributed by atoms with van der Waals surface area (Å²) in [7, 11) is 1.51. The molecule has 1 amide bonds. The van der Waals surface area contributed by atoms with Crippen LogP contribution in [0.25, 0.3) is 0 Å². The number of hydrogen-bond acceptors (Lipinski definition) is 4. The van der Waals surface area contributed by atoms with E-state index in [1.807, 2.05) is 13.8 Å². The van der Waals surface area contributed by atoms with Gasteiger partial charge in [0.1, 0.15) is 0 Å². The van der Waals surface area contributed by atoms with E-state index in [2.05, 4.69) is 5.16 Å². The lowest BCUT2D eigenvalue weighted by Gasteiger charge is -2.16. The molecule has 14 heavy (non-hydrogen) atoms. The lowest BCUT2D eigenvalue weighted by molar-refractivity contribution is 0.104. The molecule has 0 unspecified atom stereocenters. The molecule has 3 N–H and O–H groups in total. The summed E-state index contributed by atoms with van der Waals surface area (Å²) in [6.07, 6.45) is -0.481. The van der Waals surface area contributed by atoms with E-state index in [4.69, 9.17) is 15.7 Å². The van der Waals surface area contributed by atoms with Crippen LogP contribution in [0, 0.1) is 5.92 Å². The number of hydrogen-bond donors (Lipinski definition) is 2. The predicted molar refractivity (Wildman–Crippen MR) is 52.2 cm³/mol. The Hall–Kier alpha value is -1.46. The first kappa shape index (κ1) is 12.5. The Labute approximate surface area is 83.3 Å². The van der Waals surface area contributed by atoms with Crippen molar-refractivity contribution in [1.29, 1.82) is 0 Å². The molecule has 6 nitrogen and oxygen atoms in total. The van der Waals surface area contributed by atoms with Gasteiger partial charge in [-0.05, 0) is 5.92 Å². The summed E-state index contributed by atoms with van der Waals surface area (Å²) in [6.45, 7) is 4.29. The predicted octanol–water partition coefficient (Wildman–Crippen LogP) is 0.457.